The molecule has 4 aliphatic carbocycles. The molecule has 6 rings (SSSR count). The van der Waals surface area contributed by atoms with Crippen molar-refractivity contribution in [2.75, 3.05) is 0 Å². The zero-order valence-electron chi connectivity index (χ0n) is 15.5. The van der Waals surface area contributed by atoms with Gasteiger partial charge in [0, 0.05) is 36.2 Å². The molecule has 27 heavy (non-hydrogen) atoms. The lowest BCUT2D eigenvalue weighted by Crippen LogP contribution is -2.61. The minimum atomic E-state index is -0.0308. The van der Waals surface area contributed by atoms with E-state index in [2.05, 4.69) is 20.6 Å². The van der Waals surface area contributed by atoms with Crippen molar-refractivity contribution in [3.05, 3.63) is 48.4 Å². The molecule has 4 bridgehead atoms. The Morgan fingerprint density at radius 1 is 1.07 bits per heavy atom. The van der Waals surface area contributed by atoms with Crippen molar-refractivity contribution in [3.63, 3.8) is 0 Å². The molecule has 0 aliphatic heterocycles. The lowest BCUT2D eigenvalue weighted by molar-refractivity contribution is -0.0135. The second-order valence-electron chi connectivity index (χ2n) is 8.80. The fourth-order valence-electron chi connectivity index (χ4n) is 5.99. The molecule has 4 aliphatic rings. The van der Waals surface area contributed by atoms with E-state index in [1.165, 1.54) is 38.5 Å². The minimum absolute atomic E-state index is 0.0308. The molecule has 2 aromatic heterocycles. The molecule has 5 heteroatoms. The van der Waals surface area contributed by atoms with Gasteiger partial charge in [0.2, 0.25) is 0 Å². The first-order valence-corrected chi connectivity index (χ1v) is 10.1. The Morgan fingerprint density at radius 3 is 2.48 bits per heavy atom. The Hall–Kier alpha value is -2.43. The second kappa shape index (κ2) is 6.63. The van der Waals surface area contributed by atoms with Gasteiger partial charge in [0.15, 0.2) is 0 Å². The zero-order chi connectivity index (χ0) is 18.3. The zero-order valence-corrected chi connectivity index (χ0v) is 15.5. The number of hydrogen-bond donors (Lipinski definition) is 2. The smallest absolute Gasteiger partial charge is 0.315 e. The van der Waals surface area contributed by atoms with E-state index in [1.54, 1.807) is 18.6 Å². The number of nitrogens with zero attached hydrogens (tertiary/aromatic N) is 2. The maximum Gasteiger partial charge on any atom is 0.315 e. The van der Waals surface area contributed by atoms with Crippen LogP contribution in [0.3, 0.4) is 0 Å². The number of hydrogen-bond acceptors (Lipinski definition) is 3. The van der Waals surface area contributed by atoms with E-state index >= 15 is 0 Å². The number of aromatic nitrogens is 2. The third-order valence-electron chi connectivity index (χ3n) is 6.65. The molecule has 0 radical (unpaired) electrons. The monoisotopic (exact) mass is 362 g/mol. The Balaban J connectivity index is 1.21. The minimum Gasteiger partial charge on any atom is -0.334 e. The van der Waals surface area contributed by atoms with Crippen molar-refractivity contribution in [3.8, 4) is 11.3 Å². The summed E-state index contributed by atoms with van der Waals surface area (Å²) in [5.74, 6) is 2.50. The summed E-state index contributed by atoms with van der Waals surface area (Å²) >= 11 is 0. The molecule has 0 unspecified atom stereocenters. The van der Waals surface area contributed by atoms with Crippen LogP contribution in [0.25, 0.3) is 11.3 Å². The summed E-state index contributed by atoms with van der Waals surface area (Å²) in [6, 6.07) is 7.83. The van der Waals surface area contributed by atoms with Gasteiger partial charge in [0.25, 0.3) is 0 Å². The molecular weight excluding hydrogens is 336 g/mol. The molecule has 0 atom stereocenters. The number of carbonyl (C=O) groups is 1. The maximum absolute atomic E-state index is 12.6. The maximum atomic E-state index is 12.6. The van der Waals surface area contributed by atoms with E-state index < -0.39 is 0 Å². The van der Waals surface area contributed by atoms with Gasteiger partial charge in [-0.1, -0.05) is 0 Å². The third kappa shape index (κ3) is 3.43. The summed E-state index contributed by atoms with van der Waals surface area (Å²) in [4.78, 5) is 21.2. The van der Waals surface area contributed by atoms with E-state index in [4.69, 9.17) is 0 Å². The van der Waals surface area contributed by atoms with Gasteiger partial charge in [-0.05, 0) is 86.1 Å². The topological polar surface area (TPSA) is 66.9 Å². The predicted octanol–water partition coefficient (Wildman–Crippen LogP) is 3.91. The average Bonchev–Trinajstić information content (AvgIpc) is 2.66. The van der Waals surface area contributed by atoms with Crippen molar-refractivity contribution in [1.29, 1.82) is 0 Å². The highest BCUT2D eigenvalue weighted by molar-refractivity contribution is 5.75. The van der Waals surface area contributed by atoms with E-state index in [9.17, 15) is 4.79 Å². The van der Waals surface area contributed by atoms with Crippen LogP contribution in [0.2, 0.25) is 0 Å². The number of pyridine rings is 2. The van der Waals surface area contributed by atoms with Gasteiger partial charge in [-0.2, -0.15) is 0 Å². The summed E-state index contributed by atoms with van der Waals surface area (Å²) in [5, 5.41) is 6.42. The highest BCUT2D eigenvalue weighted by Crippen LogP contribution is 2.55. The van der Waals surface area contributed by atoms with Gasteiger partial charge in [-0.25, -0.2) is 4.79 Å². The van der Waals surface area contributed by atoms with Crippen LogP contribution in [0.4, 0.5) is 4.79 Å². The first-order chi connectivity index (χ1) is 13.2. The molecule has 4 saturated carbocycles. The molecule has 2 aromatic rings. The van der Waals surface area contributed by atoms with Crippen LogP contribution >= 0.6 is 0 Å². The fourth-order valence-corrected chi connectivity index (χ4v) is 5.99. The largest absolute Gasteiger partial charge is 0.334 e. The molecule has 0 aromatic carbocycles. The number of urea groups is 1. The Labute approximate surface area is 160 Å². The van der Waals surface area contributed by atoms with Crippen molar-refractivity contribution in [1.82, 2.24) is 20.6 Å². The molecule has 140 valence electrons. The van der Waals surface area contributed by atoms with Crippen molar-refractivity contribution in [2.24, 2.45) is 17.8 Å². The van der Waals surface area contributed by atoms with Crippen LogP contribution in [-0.2, 0) is 6.54 Å². The SMILES string of the molecule is O=C(NCc1ccnc(-c2cccnc2)c1)NC12CC3CC(CC(C3)C1)C2. The first-order valence-electron chi connectivity index (χ1n) is 10.1. The van der Waals surface area contributed by atoms with Gasteiger partial charge in [-0.15, -0.1) is 0 Å². The molecule has 2 heterocycles. The number of amides is 2. The van der Waals surface area contributed by atoms with Crippen LogP contribution in [0, 0.1) is 17.8 Å². The Morgan fingerprint density at radius 2 is 1.81 bits per heavy atom. The van der Waals surface area contributed by atoms with E-state index in [1.807, 2.05) is 24.3 Å². The van der Waals surface area contributed by atoms with Crippen LogP contribution in [0.5, 0.6) is 0 Å². The third-order valence-corrected chi connectivity index (χ3v) is 6.65. The molecule has 5 nitrogen and oxygen atoms in total. The predicted molar refractivity (Wildman–Crippen MR) is 104 cm³/mol. The fraction of sp³-hybridized carbons (Fsp3) is 0.500. The quantitative estimate of drug-likeness (QED) is 0.866. The van der Waals surface area contributed by atoms with Gasteiger partial charge in [0.1, 0.15) is 0 Å². The average molecular weight is 362 g/mol. The highest BCUT2D eigenvalue weighted by Gasteiger charge is 2.51. The number of rotatable bonds is 4. The highest BCUT2D eigenvalue weighted by atomic mass is 16.2. The van der Waals surface area contributed by atoms with Crippen LogP contribution in [-0.4, -0.2) is 21.5 Å². The lowest BCUT2D eigenvalue weighted by atomic mass is 9.53. The molecule has 0 spiro atoms. The lowest BCUT2D eigenvalue weighted by Gasteiger charge is -2.56. The summed E-state index contributed by atoms with van der Waals surface area (Å²) in [5.41, 5.74) is 2.96. The first kappa shape index (κ1) is 16.7. The van der Waals surface area contributed by atoms with Gasteiger partial charge in [-0.3, -0.25) is 9.97 Å². The Kier molecular flexibility index (Phi) is 4.10. The van der Waals surface area contributed by atoms with Crippen molar-refractivity contribution < 1.29 is 4.79 Å². The summed E-state index contributed by atoms with van der Waals surface area (Å²) in [6.45, 7) is 0.508. The summed E-state index contributed by atoms with van der Waals surface area (Å²) in [6.07, 6.45) is 13.0. The van der Waals surface area contributed by atoms with Crippen molar-refractivity contribution >= 4 is 6.03 Å². The van der Waals surface area contributed by atoms with E-state index in [-0.39, 0.29) is 11.6 Å². The normalized spacial score (nSPS) is 30.9. The summed E-state index contributed by atoms with van der Waals surface area (Å²) < 4.78 is 0. The molecular formula is C22H26N4O. The second-order valence-corrected chi connectivity index (χ2v) is 8.80. The molecule has 4 fully saturated rings. The number of carbonyl (C=O) groups excluding carboxylic acids is 1. The van der Waals surface area contributed by atoms with Gasteiger partial charge in [0.05, 0.1) is 5.69 Å². The Bertz CT molecular complexity index is 800. The molecule has 2 amide bonds. The van der Waals surface area contributed by atoms with Crippen LogP contribution in [0.15, 0.2) is 42.9 Å². The molecule has 2 N–H and O–H groups in total. The van der Waals surface area contributed by atoms with Gasteiger partial charge >= 0.3 is 6.03 Å². The van der Waals surface area contributed by atoms with E-state index in [0.29, 0.717) is 6.54 Å². The van der Waals surface area contributed by atoms with Crippen LogP contribution < -0.4 is 10.6 Å². The number of nitrogens with one attached hydrogen (secondary N) is 2. The molecule has 0 saturated heterocycles. The van der Waals surface area contributed by atoms with Crippen LogP contribution in [0.1, 0.15) is 44.1 Å². The summed E-state index contributed by atoms with van der Waals surface area (Å²) in [7, 11) is 0. The van der Waals surface area contributed by atoms with Gasteiger partial charge < -0.3 is 10.6 Å². The van der Waals surface area contributed by atoms with Crippen molar-refractivity contribution in [2.45, 2.75) is 50.6 Å². The standard InChI is InChI=1S/C22H26N4O/c27-21(26-22-10-16-6-17(11-22)8-18(7-16)12-22)25-13-15-3-5-24-20(9-15)19-2-1-4-23-14-19/h1-5,9,14,16-18H,6-8,10-13H2,(H2,25,26,27). The van der Waals surface area contributed by atoms with E-state index in [0.717, 1.165) is 34.6 Å².